The van der Waals surface area contributed by atoms with Crippen LogP contribution in [0.4, 0.5) is 0 Å². The lowest BCUT2D eigenvalue weighted by Gasteiger charge is -2.15. The van der Waals surface area contributed by atoms with Gasteiger partial charge in [-0.05, 0) is 195 Å². The van der Waals surface area contributed by atoms with Gasteiger partial charge >= 0.3 is 0 Å². The van der Waals surface area contributed by atoms with Crippen molar-refractivity contribution in [2.75, 3.05) is 0 Å². The molecule has 0 saturated carbocycles. The highest BCUT2D eigenvalue weighted by molar-refractivity contribution is 6.19. The lowest BCUT2D eigenvalue weighted by molar-refractivity contribution is 0.669. The van der Waals surface area contributed by atoms with Crippen molar-refractivity contribution in [2.45, 2.75) is 0 Å². The molecule has 0 aliphatic heterocycles. The predicted octanol–water partition coefficient (Wildman–Crippen LogP) is 31.9. The molecule has 0 amide bonds. The zero-order valence-corrected chi connectivity index (χ0v) is 73.3. The van der Waals surface area contributed by atoms with Gasteiger partial charge in [0, 0.05) is 122 Å². The summed E-state index contributed by atoms with van der Waals surface area (Å²) in [6.45, 7) is 0. The Morgan fingerprint density at radius 3 is 0.801 bits per heavy atom. The average Bonchev–Trinajstić information content (AvgIpc) is 1.57. The quantitative estimate of drug-likeness (QED) is 0.0918. The van der Waals surface area contributed by atoms with E-state index in [4.69, 9.17) is 48.7 Å². The van der Waals surface area contributed by atoms with Crippen molar-refractivity contribution in [3.05, 3.63) is 473 Å². The predicted molar refractivity (Wildman–Crippen MR) is 555 cm³/mol. The van der Waals surface area contributed by atoms with Gasteiger partial charge in [0.1, 0.15) is 22.3 Å². The van der Waals surface area contributed by atoms with Gasteiger partial charge in [0.15, 0.2) is 34.9 Å². The standard InChI is InChI=1S/2C62H39N5O/c1-6-18-40(19-7-1)45-32-46(41-20-8-2-9-21-41)34-47(33-45)48-35-54(62-65-60(42-22-10-3-11-23-42)64-61(66-62)43-24-12-4-13-25-43)59(63-39-48)44-30-31-51-53-37-56-52(38-58(53)68-57(51)36-44)50-28-16-17-29-55(50)67(56)49-26-14-5-15-27-49;1-6-18-40(19-7-1)45-32-46(41-20-8-2-9-21-41)34-47(33-45)48-36-54(62-65-60(42-22-10-3-11-23-42)64-61(66-62)43-24-12-4-13-25-43)59(63-39-48)44-30-31-57-52(35-44)53-37-56-51(38-58(53)68-57)50-28-16-17-29-55(50)67(56)49-26-14-5-15-27-49/h2*1-39H. The molecule has 12 nitrogen and oxygen atoms in total. The summed E-state index contributed by atoms with van der Waals surface area (Å²) in [5, 5.41) is 8.73. The molecule has 0 saturated heterocycles. The fourth-order valence-electron chi connectivity index (χ4n) is 19.2. The fraction of sp³-hybridized carbons (Fsp3) is 0. The molecule has 0 bridgehead atoms. The van der Waals surface area contributed by atoms with Crippen molar-refractivity contribution in [2.24, 2.45) is 0 Å². The maximum atomic E-state index is 6.81. The molecule has 0 radical (unpaired) electrons. The first-order chi connectivity index (χ1) is 67.4. The highest BCUT2D eigenvalue weighted by Crippen LogP contribution is 2.47. The minimum atomic E-state index is 0.519. The minimum Gasteiger partial charge on any atom is -0.456 e. The first-order valence-corrected chi connectivity index (χ1v) is 45.5. The van der Waals surface area contributed by atoms with Crippen molar-refractivity contribution in [1.82, 2.24) is 49.0 Å². The maximum absolute atomic E-state index is 6.81. The summed E-state index contributed by atoms with van der Waals surface area (Å²) in [7, 11) is 0. The normalized spacial score (nSPS) is 11.5. The molecular formula is C124H78N10O2. The van der Waals surface area contributed by atoms with Crippen LogP contribution in [0.15, 0.2) is 482 Å². The molecule has 0 aliphatic carbocycles. The number of rotatable bonds is 16. The highest BCUT2D eigenvalue weighted by Gasteiger charge is 2.26. The van der Waals surface area contributed by atoms with E-state index in [2.05, 4.69) is 349 Å². The van der Waals surface area contributed by atoms with Gasteiger partial charge in [-0.1, -0.05) is 322 Å². The topological polar surface area (TPSA) is 139 Å². The number of furan rings is 2. The van der Waals surface area contributed by atoms with Crippen LogP contribution in [0.25, 0.3) is 256 Å². The van der Waals surface area contributed by atoms with Gasteiger partial charge in [-0.15, -0.1) is 0 Å². The zero-order chi connectivity index (χ0) is 89.9. The molecule has 12 heteroatoms. The summed E-state index contributed by atoms with van der Waals surface area (Å²) >= 11 is 0. The van der Waals surface area contributed by atoms with E-state index in [0.717, 1.165) is 211 Å². The first-order valence-electron chi connectivity index (χ1n) is 45.5. The van der Waals surface area contributed by atoms with Gasteiger partial charge in [-0.3, -0.25) is 9.97 Å². The van der Waals surface area contributed by atoms with Crippen LogP contribution >= 0.6 is 0 Å². The number of benzene rings is 18. The zero-order valence-electron chi connectivity index (χ0n) is 73.3. The van der Waals surface area contributed by atoms with E-state index in [1.54, 1.807) is 0 Å². The molecule has 18 aromatic carbocycles. The molecule has 0 N–H and O–H groups in total. The van der Waals surface area contributed by atoms with Crippen LogP contribution in [0.2, 0.25) is 0 Å². The lowest BCUT2D eigenvalue weighted by Crippen LogP contribution is -2.02. The monoisotopic (exact) mass is 1740 g/mol. The van der Waals surface area contributed by atoms with Crippen LogP contribution in [-0.2, 0) is 0 Å². The largest absolute Gasteiger partial charge is 0.456 e. The number of hydrogen-bond acceptors (Lipinski definition) is 10. The Hall–Kier alpha value is -18.5. The van der Waals surface area contributed by atoms with Crippen molar-refractivity contribution in [1.29, 1.82) is 0 Å². The first kappa shape index (κ1) is 79.6. The minimum absolute atomic E-state index is 0.519. The van der Waals surface area contributed by atoms with Crippen LogP contribution < -0.4 is 0 Å². The second-order valence-corrected chi connectivity index (χ2v) is 34.1. The smallest absolute Gasteiger partial charge is 0.166 e. The van der Waals surface area contributed by atoms with E-state index in [-0.39, 0.29) is 0 Å². The number of aromatic nitrogens is 10. The molecule has 0 unspecified atom stereocenters. The molecule has 0 fully saturated rings. The third-order valence-electron chi connectivity index (χ3n) is 25.7. The van der Waals surface area contributed by atoms with Crippen LogP contribution in [0.5, 0.6) is 0 Å². The summed E-state index contributed by atoms with van der Waals surface area (Å²) in [6.07, 6.45) is 3.95. The molecule has 0 atom stereocenters. The summed E-state index contributed by atoms with van der Waals surface area (Å²) in [5.74, 6) is 3.36. The Morgan fingerprint density at radius 2 is 0.434 bits per heavy atom. The maximum Gasteiger partial charge on any atom is 0.166 e. The fourth-order valence-corrected chi connectivity index (χ4v) is 19.2. The molecule has 0 spiro atoms. The Kier molecular flexibility index (Phi) is 20.0. The summed E-state index contributed by atoms with van der Waals surface area (Å²) in [4.78, 5) is 41.8. The molecule has 26 rings (SSSR count). The third-order valence-corrected chi connectivity index (χ3v) is 25.7. The van der Waals surface area contributed by atoms with Crippen LogP contribution in [0.3, 0.4) is 0 Å². The molecule has 26 aromatic rings. The number of pyridine rings is 2. The van der Waals surface area contributed by atoms with Gasteiger partial charge in [-0.25, -0.2) is 29.9 Å². The molecule has 0 aliphatic rings. The van der Waals surface area contributed by atoms with Crippen molar-refractivity contribution in [3.63, 3.8) is 0 Å². The Bertz CT molecular complexity index is 8800. The van der Waals surface area contributed by atoms with Crippen molar-refractivity contribution >= 4 is 87.5 Å². The van der Waals surface area contributed by atoms with Crippen LogP contribution in [-0.4, -0.2) is 49.0 Å². The average molecular weight is 1740 g/mol. The summed E-state index contributed by atoms with van der Waals surface area (Å²) in [5.41, 5.74) is 31.3. The van der Waals surface area contributed by atoms with Crippen LogP contribution in [0.1, 0.15) is 0 Å². The molecular weight excluding hydrogens is 1660 g/mol. The number of fused-ring (bicyclic) bond motifs is 12. The number of para-hydroxylation sites is 4. The van der Waals surface area contributed by atoms with Crippen LogP contribution in [0, 0.1) is 0 Å². The lowest BCUT2D eigenvalue weighted by atomic mass is 9.92. The molecule has 8 heterocycles. The second kappa shape index (κ2) is 34.1. The highest BCUT2D eigenvalue weighted by atomic mass is 16.3. The number of nitrogens with zero attached hydrogens (tertiary/aromatic N) is 10. The van der Waals surface area contributed by atoms with Gasteiger partial charge in [0.25, 0.3) is 0 Å². The molecule has 136 heavy (non-hydrogen) atoms. The second-order valence-electron chi connectivity index (χ2n) is 34.1. The van der Waals surface area contributed by atoms with Gasteiger partial charge < -0.3 is 18.0 Å². The Labute approximate surface area is 782 Å². The van der Waals surface area contributed by atoms with E-state index >= 15 is 0 Å². The van der Waals surface area contributed by atoms with E-state index in [0.29, 0.717) is 34.9 Å². The molecule has 8 aromatic heterocycles. The molecule has 636 valence electrons. The Balaban J connectivity index is 0.000000145. The van der Waals surface area contributed by atoms with Gasteiger partial charge in [0.2, 0.25) is 0 Å². The van der Waals surface area contributed by atoms with E-state index in [1.165, 1.54) is 10.8 Å². The summed E-state index contributed by atoms with van der Waals surface area (Å²) in [6, 6.07) is 160. The van der Waals surface area contributed by atoms with Gasteiger partial charge in [0.05, 0.1) is 33.5 Å². The van der Waals surface area contributed by atoms with Crippen molar-refractivity contribution in [3.8, 4) is 169 Å². The van der Waals surface area contributed by atoms with E-state index in [1.807, 2.05) is 134 Å². The van der Waals surface area contributed by atoms with E-state index in [9.17, 15) is 0 Å². The van der Waals surface area contributed by atoms with Crippen molar-refractivity contribution < 1.29 is 8.83 Å². The third kappa shape index (κ3) is 14.8. The van der Waals surface area contributed by atoms with E-state index < -0.39 is 0 Å². The SMILES string of the molecule is c1ccc(-c2cc(-c3ccccc3)cc(-c3cnc(-c4ccc5c(c4)oc4cc6c7ccccc7n(-c7ccccc7)c6cc45)c(-c4nc(-c5ccccc5)nc(-c5ccccc5)n4)c3)c2)cc1.c1ccc(-c2cc(-c3ccccc3)cc(-c3cnc(-c4ccc5oc6cc7c8ccccc8n(-c8ccccc8)c7cc6c5c4)c(-c4nc(-c5ccccc5)nc(-c5ccccc5)n4)c3)c2)cc1. The summed E-state index contributed by atoms with van der Waals surface area (Å²) < 4.78 is 18.2. The van der Waals surface area contributed by atoms with Gasteiger partial charge in [-0.2, -0.15) is 0 Å². The number of hydrogen-bond donors (Lipinski definition) is 0. The Morgan fingerprint density at radius 1 is 0.154 bits per heavy atom.